The summed E-state index contributed by atoms with van der Waals surface area (Å²) in [5, 5.41) is 3.71. The molecule has 7 heteroatoms. The van der Waals surface area contributed by atoms with Crippen LogP contribution in [0.1, 0.15) is 11.1 Å². The zero-order valence-electron chi connectivity index (χ0n) is 16.7. The van der Waals surface area contributed by atoms with Crippen LogP contribution in [0.25, 0.3) is 17.0 Å². The van der Waals surface area contributed by atoms with E-state index in [1.807, 2.05) is 13.0 Å². The maximum Gasteiger partial charge on any atom is 0.248 e. The van der Waals surface area contributed by atoms with Crippen molar-refractivity contribution in [2.45, 2.75) is 6.92 Å². The van der Waals surface area contributed by atoms with E-state index in [1.165, 1.54) is 27.4 Å². The number of hydrogen-bond donors (Lipinski definition) is 2. The number of ether oxygens (including phenoxy) is 3. The fourth-order valence-electron chi connectivity index (χ4n) is 3.07. The van der Waals surface area contributed by atoms with Crippen LogP contribution in [0.2, 0.25) is 0 Å². The van der Waals surface area contributed by atoms with Crippen LogP contribution in [0.3, 0.4) is 0 Å². The van der Waals surface area contributed by atoms with Crippen LogP contribution in [0, 0.1) is 6.92 Å². The summed E-state index contributed by atoms with van der Waals surface area (Å²) in [4.78, 5) is 26.8. The Hall–Kier alpha value is -3.74. The van der Waals surface area contributed by atoms with Gasteiger partial charge in [0.15, 0.2) is 11.5 Å². The van der Waals surface area contributed by atoms with Crippen LogP contribution in [0.5, 0.6) is 17.2 Å². The average Bonchev–Trinajstić information content (AvgIpc) is 2.70. The van der Waals surface area contributed by atoms with Crippen molar-refractivity contribution in [3.63, 3.8) is 0 Å². The fourth-order valence-corrected chi connectivity index (χ4v) is 3.07. The van der Waals surface area contributed by atoms with Gasteiger partial charge >= 0.3 is 0 Å². The van der Waals surface area contributed by atoms with E-state index >= 15 is 0 Å². The number of fused-ring (bicyclic) bond motifs is 1. The van der Waals surface area contributed by atoms with Gasteiger partial charge in [-0.2, -0.15) is 0 Å². The molecule has 1 heterocycles. The predicted molar refractivity (Wildman–Crippen MR) is 113 cm³/mol. The van der Waals surface area contributed by atoms with E-state index < -0.39 is 0 Å². The SMILES string of the molecule is COc1cc(/C=C/C(=O)Nc2ccc3c(C)cc(=O)[nH]c3c2)cc(OC)c1OC. The van der Waals surface area contributed by atoms with E-state index in [4.69, 9.17) is 14.2 Å². The number of carbonyl (C=O) groups is 1. The molecule has 3 aromatic rings. The molecular formula is C22H22N2O5. The highest BCUT2D eigenvalue weighted by Gasteiger charge is 2.12. The van der Waals surface area contributed by atoms with Gasteiger partial charge in [0.2, 0.25) is 17.2 Å². The molecule has 7 nitrogen and oxygen atoms in total. The molecule has 0 saturated carbocycles. The number of nitrogens with one attached hydrogen (secondary N) is 2. The molecule has 29 heavy (non-hydrogen) atoms. The first-order valence-corrected chi connectivity index (χ1v) is 8.88. The van der Waals surface area contributed by atoms with Crippen molar-refractivity contribution in [3.05, 3.63) is 64.0 Å². The van der Waals surface area contributed by atoms with Crippen molar-refractivity contribution in [2.75, 3.05) is 26.6 Å². The van der Waals surface area contributed by atoms with Crippen molar-refractivity contribution in [1.29, 1.82) is 0 Å². The summed E-state index contributed by atoms with van der Waals surface area (Å²) >= 11 is 0. The quantitative estimate of drug-likeness (QED) is 0.625. The number of rotatable bonds is 6. The second-order valence-corrected chi connectivity index (χ2v) is 6.36. The molecule has 2 N–H and O–H groups in total. The molecule has 0 atom stereocenters. The molecule has 150 valence electrons. The van der Waals surface area contributed by atoms with Gasteiger partial charge < -0.3 is 24.5 Å². The number of methoxy groups -OCH3 is 3. The Bertz CT molecular complexity index is 1120. The van der Waals surface area contributed by atoms with Crippen LogP contribution < -0.4 is 25.1 Å². The van der Waals surface area contributed by atoms with Gasteiger partial charge in [0.05, 0.1) is 26.8 Å². The number of aromatic amines is 1. The molecule has 0 radical (unpaired) electrons. The highest BCUT2D eigenvalue weighted by atomic mass is 16.5. The lowest BCUT2D eigenvalue weighted by molar-refractivity contribution is -0.111. The smallest absolute Gasteiger partial charge is 0.248 e. The highest BCUT2D eigenvalue weighted by Crippen LogP contribution is 2.38. The fraction of sp³-hybridized carbons (Fsp3) is 0.182. The molecule has 0 spiro atoms. The summed E-state index contributed by atoms with van der Waals surface area (Å²) in [6.07, 6.45) is 3.05. The second-order valence-electron chi connectivity index (χ2n) is 6.36. The summed E-state index contributed by atoms with van der Waals surface area (Å²) < 4.78 is 15.9. The Morgan fingerprint density at radius 2 is 1.69 bits per heavy atom. The van der Waals surface area contributed by atoms with Crippen LogP contribution in [-0.4, -0.2) is 32.2 Å². The van der Waals surface area contributed by atoms with E-state index in [9.17, 15) is 9.59 Å². The number of aromatic nitrogens is 1. The highest BCUT2D eigenvalue weighted by molar-refractivity contribution is 6.03. The normalized spacial score (nSPS) is 10.9. The second kappa shape index (κ2) is 8.52. The third-order valence-electron chi connectivity index (χ3n) is 4.43. The van der Waals surface area contributed by atoms with Crippen molar-refractivity contribution >= 4 is 28.6 Å². The lowest BCUT2D eigenvalue weighted by Crippen LogP contribution is -2.09. The van der Waals surface area contributed by atoms with Gasteiger partial charge in [0, 0.05) is 23.2 Å². The summed E-state index contributed by atoms with van der Waals surface area (Å²) in [5.41, 5.74) is 2.66. The Labute approximate surface area is 167 Å². The molecule has 0 aliphatic heterocycles. The number of amides is 1. The lowest BCUT2D eigenvalue weighted by Gasteiger charge is -2.12. The third-order valence-corrected chi connectivity index (χ3v) is 4.43. The first-order valence-electron chi connectivity index (χ1n) is 8.88. The van der Waals surface area contributed by atoms with Crippen LogP contribution in [0.4, 0.5) is 5.69 Å². The van der Waals surface area contributed by atoms with Crippen molar-refractivity contribution < 1.29 is 19.0 Å². The number of carbonyl (C=O) groups excluding carboxylic acids is 1. The number of anilines is 1. The molecule has 2 aromatic carbocycles. The summed E-state index contributed by atoms with van der Waals surface area (Å²) in [7, 11) is 4.59. The topological polar surface area (TPSA) is 89.7 Å². The molecule has 0 saturated heterocycles. The Morgan fingerprint density at radius 3 is 2.31 bits per heavy atom. The summed E-state index contributed by atoms with van der Waals surface area (Å²) in [5.74, 6) is 1.17. The van der Waals surface area contributed by atoms with Crippen molar-refractivity contribution in [2.24, 2.45) is 0 Å². The maximum atomic E-state index is 12.3. The lowest BCUT2D eigenvalue weighted by atomic mass is 10.1. The van der Waals surface area contributed by atoms with E-state index in [1.54, 1.807) is 36.4 Å². The van der Waals surface area contributed by atoms with E-state index in [0.717, 1.165) is 10.9 Å². The molecule has 0 aliphatic carbocycles. The molecule has 0 aliphatic rings. The first kappa shape index (κ1) is 20.0. The Balaban J connectivity index is 1.81. The molecule has 0 bridgehead atoms. The number of H-pyrrole nitrogens is 1. The average molecular weight is 394 g/mol. The molecule has 1 amide bonds. The van der Waals surface area contributed by atoms with Gasteiger partial charge in [0.25, 0.3) is 0 Å². The van der Waals surface area contributed by atoms with Crippen molar-refractivity contribution in [3.8, 4) is 17.2 Å². The van der Waals surface area contributed by atoms with E-state index in [2.05, 4.69) is 10.3 Å². The minimum atomic E-state index is -0.312. The van der Waals surface area contributed by atoms with Gasteiger partial charge in [-0.3, -0.25) is 9.59 Å². The summed E-state index contributed by atoms with van der Waals surface area (Å²) in [6, 6.07) is 10.4. The monoisotopic (exact) mass is 394 g/mol. The zero-order chi connectivity index (χ0) is 21.0. The number of pyridine rings is 1. The molecule has 3 rings (SSSR count). The predicted octanol–water partition coefficient (Wildman–Crippen LogP) is 3.51. The molecular weight excluding hydrogens is 372 g/mol. The maximum absolute atomic E-state index is 12.3. The molecule has 1 aromatic heterocycles. The van der Waals surface area contributed by atoms with Gasteiger partial charge in [0.1, 0.15) is 0 Å². The summed E-state index contributed by atoms with van der Waals surface area (Å²) in [6.45, 7) is 1.87. The first-order chi connectivity index (χ1) is 13.9. The van der Waals surface area contributed by atoms with Crippen LogP contribution in [0.15, 0.2) is 47.3 Å². The Kier molecular flexibility index (Phi) is 5.87. The van der Waals surface area contributed by atoms with Crippen molar-refractivity contribution in [1.82, 2.24) is 4.98 Å². The molecule has 0 fully saturated rings. The number of hydrogen-bond acceptors (Lipinski definition) is 5. The minimum absolute atomic E-state index is 0.180. The third kappa shape index (κ3) is 4.40. The number of aryl methyl sites for hydroxylation is 1. The number of benzene rings is 2. The van der Waals surface area contributed by atoms with Crippen LogP contribution in [-0.2, 0) is 4.79 Å². The van der Waals surface area contributed by atoms with Gasteiger partial charge in [-0.05, 0) is 48.4 Å². The Morgan fingerprint density at radius 1 is 1.00 bits per heavy atom. The van der Waals surface area contributed by atoms with E-state index in [0.29, 0.717) is 34.0 Å². The largest absolute Gasteiger partial charge is 0.493 e. The zero-order valence-corrected chi connectivity index (χ0v) is 16.7. The van der Waals surface area contributed by atoms with Gasteiger partial charge in [-0.15, -0.1) is 0 Å². The van der Waals surface area contributed by atoms with Gasteiger partial charge in [-0.25, -0.2) is 0 Å². The standard InChI is InChI=1S/C22H22N2O5/c1-13-9-21(26)24-17-12-15(6-7-16(13)17)23-20(25)8-5-14-10-18(27-2)22(29-4)19(11-14)28-3/h5-12H,1-4H3,(H,23,25)(H,24,26)/b8-5+. The van der Waals surface area contributed by atoms with E-state index in [-0.39, 0.29) is 11.5 Å². The minimum Gasteiger partial charge on any atom is -0.493 e. The van der Waals surface area contributed by atoms with Gasteiger partial charge in [-0.1, -0.05) is 6.07 Å². The molecule has 0 unspecified atom stereocenters. The van der Waals surface area contributed by atoms with Crippen LogP contribution >= 0.6 is 0 Å².